The number of carbonyl (C=O) groups excluding carboxylic acids is 1. The van der Waals surface area contributed by atoms with Gasteiger partial charge in [0.2, 0.25) is 5.91 Å². The van der Waals surface area contributed by atoms with Crippen LogP contribution in [0.25, 0.3) is 0 Å². The van der Waals surface area contributed by atoms with E-state index in [0.29, 0.717) is 6.54 Å². The first-order valence-corrected chi connectivity index (χ1v) is 6.19. The molecular weight excluding hydrogens is 188 g/mol. The Balaban J connectivity index is 2.57. The molecule has 1 aliphatic rings. The van der Waals surface area contributed by atoms with Crippen LogP contribution in [0.1, 0.15) is 52.4 Å². The van der Waals surface area contributed by atoms with Crippen LogP contribution in [0.5, 0.6) is 0 Å². The highest BCUT2D eigenvalue weighted by Gasteiger charge is 2.39. The third kappa shape index (κ3) is 2.71. The molecule has 88 valence electrons. The van der Waals surface area contributed by atoms with Gasteiger partial charge in [-0.2, -0.15) is 0 Å². The molecule has 1 atom stereocenters. The number of nitrogens with two attached hydrogens (primary N) is 1. The SMILES string of the molecule is CCC(CN)NC(=O)C1(CC)CCCC1. The van der Waals surface area contributed by atoms with E-state index in [9.17, 15) is 4.79 Å². The summed E-state index contributed by atoms with van der Waals surface area (Å²) >= 11 is 0. The van der Waals surface area contributed by atoms with Gasteiger partial charge in [0.1, 0.15) is 0 Å². The number of rotatable bonds is 5. The Bertz CT molecular complexity index is 206. The summed E-state index contributed by atoms with van der Waals surface area (Å²) in [4.78, 5) is 12.2. The van der Waals surface area contributed by atoms with Crippen molar-refractivity contribution in [2.45, 2.75) is 58.4 Å². The van der Waals surface area contributed by atoms with Crippen molar-refractivity contribution in [3.8, 4) is 0 Å². The summed E-state index contributed by atoms with van der Waals surface area (Å²) in [5.41, 5.74) is 5.52. The molecule has 0 bridgehead atoms. The Hall–Kier alpha value is -0.570. The second-order valence-electron chi connectivity index (χ2n) is 4.66. The van der Waals surface area contributed by atoms with Gasteiger partial charge in [-0.3, -0.25) is 4.79 Å². The third-order valence-corrected chi connectivity index (χ3v) is 3.83. The molecule has 0 aliphatic heterocycles. The van der Waals surface area contributed by atoms with E-state index in [1.54, 1.807) is 0 Å². The Morgan fingerprint density at radius 3 is 2.40 bits per heavy atom. The lowest BCUT2D eigenvalue weighted by atomic mass is 9.82. The highest BCUT2D eigenvalue weighted by molar-refractivity contribution is 5.83. The van der Waals surface area contributed by atoms with E-state index in [4.69, 9.17) is 5.73 Å². The molecule has 3 N–H and O–H groups in total. The standard InChI is InChI=1S/C12H24N2O/c1-3-10(9-13)14-11(15)12(4-2)7-5-6-8-12/h10H,3-9,13H2,1-2H3,(H,14,15). The fourth-order valence-corrected chi connectivity index (χ4v) is 2.46. The quantitative estimate of drug-likeness (QED) is 0.730. The Labute approximate surface area is 92.8 Å². The van der Waals surface area contributed by atoms with Crippen LogP contribution in [-0.4, -0.2) is 18.5 Å². The number of nitrogens with one attached hydrogen (secondary N) is 1. The van der Waals surface area contributed by atoms with Crippen molar-refractivity contribution in [3.63, 3.8) is 0 Å². The van der Waals surface area contributed by atoms with Gasteiger partial charge in [0, 0.05) is 18.0 Å². The van der Waals surface area contributed by atoms with E-state index in [2.05, 4.69) is 19.2 Å². The molecule has 1 amide bonds. The van der Waals surface area contributed by atoms with Crippen LogP contribution in [0.2, 0.25) is 0 Å². The summed E-state index contributed by atoms with van der Waals surface area (Å²) < 4.78 is 0. The molecule has 0 aromatic heterocycles. The maximum atomic E-state index is 12.2. The summed E-state index contributed by atoms with van der Waals surface area (Å²) in [6.07, 6.45) is 6.37. The smallest absolute Gasteiger partial charge is 0.226 e. The van der Waals surface area contributed by atoms with Crippen molar-refractivity contribution >= 4 is 5.91 Å². The zero-order valence-corrected chi connectivity index (χ0v) is 10.0. The molecule has 1 saturated carbocycles. The van der Waals surface area contributed by atoms with Gasteiger partial charge in [-0.05, 0) is 25.7 Å². The van der Waals surface area contributed by atoms with Crippen LogP contribution in [0.15, 0.2) is 0 Å². The van der Waals surface area contributed by atoms with Gasteiger partial charge in [0.25, 0.3) is 0 Å². The van der Waals surface area contributed by atoms with Crippen LogP contribution < -0.4 is 11.1 Å². The van der Waals surface area contributed by atoms with E-state index in [0.717, 1.165) is 25.7 Å². The van der Waals surface area contributed by atoms with Crippen LogP contribution in [0.4, 0.5) is 0 Å². The molecule has 1 rings (SSSR count). The van der Waals surface area contributed by atoms with Gasteiger partial charge in [0.05, 0.1) is 0 Å². The first-order chi connectivity index (χ1) is 7.18. The maximum absolute atomic E-state index is 12.2. The monoisotopic (exact) mass is 212 g/mol. The largest absolute Gasteiger partial charge is 0.352 e. The Kier molecular flexibility index (Phi) is 4.58. The molecule has 0 radical (unpaired) electrons. The van der Waals surface area contributed by atoms with Crippen LogP contribution in [-0.2, 0) is 4.79 Å². The molecule has 3 heteroatoms. The Morgan fingerprint density at radius 2 is 2.00 bits per heavy atom. The third-order valence-electron chi connectivity index (χ3n) is 3.83. The zero-order chi connectivity index (χ0) is 11.3. The molecule has 0 aromatic carbocycles. The average molecular weight is 212 g/mol. The first-order valence-electron chi connectivity index (χ1n) is 6.19. The fraction of sp³-hybridized carbons (Fsp3) is 0.917. The van der Waals surface area contributed by atoms with Crippen LogP contribution >= 0.6 is 0 Å². The average Bonchev–Trinajstić information content (AvgIpc) is 2.75. The molecule has 3 nitrogen and oxygen atoms in total. The summed E-state index contributed by atoms with van der Waals surface area (Å²) in [5.74, 6) is 0.236. The minimum Gasteiger partial charge on any atom is -0.352 e. The summed E-state index contributed by atoms with van der Waals surface area (Å²) in [7, 11) is 0. The van der Waals surface area contributed by atoms with Crippen LogP contribution in [0.3, 0.4) is 0 Å². The number of hydrogen-bond donors (Lipinski definition) is 2. The summed E-state index contributed by atoms with van der Waals surface area (Å²) in [6.45, 7) is 4.72. The molecule has 0 spiro atoms. The molecule has 1 fully saturated rings. The molecule has 0 saturated heterocycles. The van der Waals surface area contributed by atoms with E-state index in [1.807, 2.05) is 0 Å². The van der Waals surface area contributed by atoms with E-state index in [1.165, 1.54) is 12.8 Å². The molecule has 1 unspecified atom stereocenters. The van der Waals surface area contributed by atoms with E-state index < -0.39 is 0 Å². The predicted molar refractivity (Wildman–Crippen MR) is 62.5 cm³/mol. The predicted octanol–water partition coefficient (Wildman–Crippen LogP) is 1.81. The van der Waals surface area contributed by atoms with Gasteiger partial charge in [0.15, 0.2) is 0 Å². The van der Waals surface area contributed by atoms with E-state index >= 15 is 0 Å². The van der Waals surface area contributed by atoms with Crippen molar-refractivity contribution in [2.75, 3.05) is 6.54 Å². The highest BCUT2D eigenvalue weighted by atomic mass is 16.2. The van der Waals surface area contributed by atoms with Crippen molar-refractivity contribution in [1.82, 2.24) is 5.32 Å². The van der Waals surface area contributed by atoms with Gasteiger partial charge < -0.3 is 11.1 Å². The number of carbonyl (C=O) groups is 1. The Morgan fingerprint density at radius 1 is 1.40 bits per heavy atom. The molecule has 0 heterocycles. The van der Waals surface area contributed by atoms with Crippen molar-refractivity contribution in [3.05, 3.63) is 0 Å². The van der Waals surface area contributed by atoms with Gasteiger partial charge in [-0.15, -0.1) is 0 Å². The van der Waals surface area contributed by atoms with Gasteiger partial charge >= 0.3 is 0 Å². The first kappa shape index (κ1) is 12.5. The number of hydrogen-bond acceptors (Lipinski definition) is 2. The lowest BCUT2D eigenvalue weighted by molar-refractivity contribution is -0.131. The minimum absolute atomic E-state index is 0.0808. The second kappa shape index (κ2) is 5.50. The zero-order valence-electron chi connectivity index (χ0n) is 10.0. The lowest BCUT2D eigenvalue weighted by Crippen LogP contribution is -2.46. The summed E-state index contributed by atoms with van der Waals surface area (Å²) in [6, 6.07) is 0.154. The normalized spacial score (nSPS) is 21.3. The van der Waals surface area contributed by atoms with Gasteiger partial charge in [-0.25, -0.2) is 0 Å². The van der Waals surface area contributed by atoms with Crippen molar-refractivity contribution in [2.24, 2.45) is 11.1 Å². The molecule has 1 aliphatic carbocycles. The van der Waals surface area contributed by atoms with Crippen LogP contribution in [0, 0.1) is 5.41 Å². The lowest BCUT2D eigenvalue weighted by Gasteiger charge is -2.28. The topological polar surface area (TPSA) is 55.1 Å². The maximum Gasteiger partial charge on any atom is 0.226 e. The van der Waals surface area contributed by atoms with Gasteiger partial charge in [-0.1, -0.05) is 26.7 Å². The minimum atomic E-state index is -0.0808. The van der Waals surface area contributed by atoms with Crippen molar-refractivity contribution in [1.29, 1.82) is 0 Å². The van der Waals surface area contributed by atoms with E-state index in [-0.39, 0.29) is 17.4 Å². The molecular formula is C12H24N2O. The second-order valence-corrected chi connectivity index (χ2v) is 4.66. The molecule has 0 aromatic rings. The molecule has 15 heavy (non-hydrogen) atoms. The summed E-state index contributed by atoms with van der Waals surface area (Å²) in [5, 5.41) is 3.09. The fourth-order valence-electron chi connectivity index (χ4n) is 2.46. The van der Waals surface area contributed by atoms with Crippen molar-refractivity contribution < 1.29 is 4.79 Å². The number of amides is 1. The highest BCUT2D eigenvalue weighted by Crippen LogP contribution is 2.41.